The third kappa shape index (κ3) is 6.30. The summed E-state index contributed by atoms with van der Waals surface area (Å²) < 4.78 is 6.22. The van der Waals surface area contributed by atoms with Gasteiger partial charge in [-0.05, 0) is 32.7 Å². The van der Waals surface area contributed by atoms with Crippen LogP contribution in [-0.2, 0) is 0 Å². The number of benzene rings is 7. The van der Waals surface area contributed by atoms with E-state index >= 15 is 0 Å². The van der Waals surface area contributed by atoms with E-state index < -0.39 is 0 Å². The first-order valence-corrected chi connectivity index (χ1v) is 19.2. The second-order valence-corrected chi connectivity index (χ2v) is 15.5. The van der Waals surface area contributed by atoms with Crippen LogP contribution in [-0.4, -0.2) is 172 Å². The third-order valence-corrected chi connectivity index (χ3v) is 12.0. The van der Waals surface area contributed by atoms with Crippen LogP contribution in [0.1, 0.15) is 0 Å². The summed E-state index contributed by atoms with van der Waals surface area (Å²) in [6, 6.07) is 8.87. The van der Waals surface area contributed by atoms with Crippen molar-refractivity contribution in [2.45, 2.75) is 0 Å². The summed E-state index contributed by atoms with van der Waals surface area (Å²) in [5, 5.41) is 0.783. The Labute approximate surface area is 402 Å². The van der Waals surface area contributed by atoms with Gasteiger partial charge in [0.25, 0.3) is 0 Å². The van der Waals surface area contributed by atoms with Crippen molar-refractivity contribution >= 4 is 310 Å². The minimum Gasteiger partial charge on any atom is -0.457 e. The van der Waals surface area contributed by atoms with Gasteiger partial charge in [0.15, 0.2) is 17.5 Å². The van der Waals surface area contributed by atoms with Gasteiger partial charge < -0.3 is 4.42 Å². The highest BCUT2D eigenvalue weighted by atomic mass is 16.3. The summed E-state index contributed by atoms with van der Waals surface area (Å²) in [5.74, 6) is -0.130. The topological polar surface area (TPSA) is 51.8 Å². The maximum atomic E-state index is 6.95. The predicted molar refractivity (Wildman–Crippen MR) is 292 cm³/mol. The van der Waals surface area contributed by atoms with Gasteiger partial charge in [-0.2, -0.15) is 0 Å². The molecule has 0 N–H and O–H groups in total. The summed E-state index contributed by atoms with van der Waals surface area (Å²) >= 11 is 0. The average Bonchev–Trinajstić information content (AvgIpc) is 3.70. The highest BCUT2D eigenvalue weighted by molar-refractivity contribution is 6.74. The van der Waals surface area contributed by atoms with Crippen molar-refractivity contribution in [1.29, 1.82) is 0 Å². The van der Waals surface area contributed by atoms with Crippen LogP contribution in [0.2, 0.25) is 0 Å². The molecule has 0 bridgehead atoms. The number of hydrogen-bond donors (Lipinski definition) is 0. The van der Waals surface area contributed by atoms with Gasteiger partial charge in [0.1, 0.15) is 168 Å². The van der Waals surface area contributed by atoms with E-state index in [0.29, 0.717) is 5.56 Å². The van der Waals surface area contributed by atoms with Crippen molar-refractivity contribution in [2.24, 2.45) is 0 Å². The lowest BCUT2D eigenvalue weighted by atomic mass is 9.56. The molecule has 24 heteroatoms. The van der Waals surface area contributed by atoms with Gasteiger partial charge >= 0.3 is 0 Å². The summed E-state index contributed by atoms with van der Waals surface area (Å²) in [5.41, 5.74) is -0.703. The first-order chi connectivity index (χ1) is 30.6. The normalized spacial score (nSPS) is 11.7. The monoisotopic (exact) mass is 775 g/mol. The molecular weight excluding hydrogens is 767 g/mol. The van der Waals surface area contributed by atoms with Gasteiger partial charge in [0, 0.05) is 27.5 Å². The van der Waals surface area contributed by atoms with Crippen molar-refractivity contribution in [1.82, 2.24) is 15.0 Å². The van der Waals surface area contributed by atoms with Crippen LogP contribution >= 0.6 is 0 Å². The zero-order valence-corrected chi connectivity index (χ0v) is 34.2. The molecule has 250 valence electrons. The SMILES string of the molecule is [B]c1c([B])c([B])c2c(oc3c([B])c([B])c([B])c(-c4nc(-c5ccccc5)nc(-c5c([B])c([B])c([B])c6c(-c7c([B])c([B])c([B])c8c([B])c([B])c([B])c([B])c78)c([B])c([B])c([B])c56)n4)c32)c1[B]. The lowest BCUT2D eigenvalue weighted by Gasteiger charge is -2.30. The van der Waals surface area contributed by atoms with Gasteiger partial charge in [-0.1, -0.05) is 95.9 Å². The predicted octanol–water partition coefficient (Wildman–Crippen LogP) is -13.4. The zero-order chi connectivity index (χ0) is 47.1. The number of nitrogens with zero attached hydrogens (tertiary/aromatic N) is 3. The molecule has 2 aromatic heterocycles. The van der Waals surface area contributed by atoms with E-state index in [1.807, 2.05) is 0 Å². The van der Waals surface area contributed by atoms with Crippen molar-refractivity contribution in [3.05, 3.63) is 30.3 Å². The number of furan rings is 1. The fourth-order valence-electron chi connectivity index (χ4n) is 8.49. The highest BCUT2D eigenvalue weighted by Crippen LogP contribution is 2.35. The summed E-state index contributed by atoms with van der Waals surface area (Å²) in [4.78, 5) is 14.8. The quantitative estimate of drug-likeness (QED) is 0.167. The van der Waals surface area contributed by atoms with Crippen LogP contribution in [0, 0.1) is 0 Å². The smallest absolute Gasteiger partial charge is 0.164 e. The number of fused-ring (bicyclic) bond motifs is 5. The second kappa shape index (κ2) is 15.9. The first kappa shape index (κ1) is 45.3. The lowest BCUT2D eigenvalue weighted by molar-refractivity contribution is 0.675. The van der Waals surface area contributed by atoms with E-state index in [0.717, 1.165) is 0 Å². The Kier molecular flexibility index (Phi) is 11.1. The Morgan fingerprint density at radius 1 is 0.246 bits per heavy atom. The maximum absolute atomic E-state index is 6.95. The maximum Gasteiger partial charge on any atom is 0.164 e. The van der Waals surface area contributed by atoms with E-state index in [4.69, 9.17) is 176 Å². The second-order valence-electron chi connectivity index (χ2n) is 15.5. The molecule has 9 rings (SSSR count). The molecule has 0 aliphatic rings. The molecule has 0 amide bonds. The minimum absolute atomic E-state index is 0.00434. The largest absolute Gasteiger partial charge is 0.457 e. The Bertz CT molecular complexity index is 3660. The lowest BCUT2D eigenvalue weighted by Crippen LogP contribution is -2.53. The van der Waals surface area contributed by atoms with E-state index in [1.54, 1.807) is 30.3 Å². The molecule has 0 spiro atoms. The molecule has 0 saturated heterocycles. The molecule has 4 nitrogen and oxygen atoms in total. The molecule has 0 fully saturated rings. The summed E-state index contributed by atoms with van der Waals surface area (Å²) in [6.07, 6.45) is 0. The van der Waals surface area contributed by atoms with Gasteiger partial charge in [-0.3, -0.25) is 0 Å². The molecule has 65 heavy (non-hydrogen) atoms. The molecule has 9 aromatic rings. The van der Waals surface area contributed by atoms with E-state index in [1.165, 1.54) is 0 Å². The van der Waals surface area contributed by atoms with Crippen LogP contribution in [0.15, 0.2) is 34.7 Å². The molecule has 2 heterocycles. The molecule has 0 unspecified atom stereocenters. The number of rotatable bonds is 4. The number of hydrogen-bond acceptors (Lipinski definition) is 4. The minimum atomic E-state index is -0.154. The molecule has 7 aromatic carbocycles. The Balaban J connectivity index is 1.50. The van der Waals surface area contributed by atoms with Crippen molar-refractivity contribution < 1.29 is 4.42 Å². The Hall–Kier alpha value is -4.83. The summed E-state index contributed by atoms with van der Waals surface area (Å²) in [7, 11) is 133. The van der Waals surface area contributed by atoms with E-state index in [9.17, 15) is 0 Å². The van der Waals surface area contributed by atoms with Crippen molar-refractivity contribution in [3.63, 3.8) is 0 Å². The first-order valence-electron chi connectivity index (χ1n) is 19.2. The molecular formula is C41H5B20N3O. The van der Waals surface area contributed by atoms with Gasteiger partial charge in [-0.15, -0.1) is 43.7 Å². The van der Waals surface area contributed by atoms with Crippen LogP contribution in [0.25, 0.3) is 88.8 Å². The van der Waals surface area contributed by atoms with Gasteiger partial charge in [0.05, 0.1) is 0 Å². The molecule has 40 radical (unpaired) electrons. The highest BCUT2D eigenvalue weighted by Gasteiger charge is 2.29. The average molecular weight is 772 g/mol. The molecule has 0 atom stereocenters. The van der Waals surface area contributed by atoms with Crippen LogP contribution < -0.4 is 109 Å². The van der Waals surface area contributed by atoms with Crippen molar-refractivity contribution in [2.75, 3.05) is 0 Å². The van der Waals surface area contributed by atoms with Gasteiger partial charge in [0.2, 0.25) is 0 Å². The fraction of sp³-hybridized carbons (Fsp3) is 0. The molecule has 0 aliphatic carbocycles. The van der Waals surface area contributed by atoms with E-state index in [2.05, 4.69) is 0 Å². The summed E-state index contributed by atoms with van der Waals surface area (Å²) in [6.45, 7) is 0. The van der Waals surface area contributed by atoms with Crippen LogP contribution in [0.3, 0.4) is 0 Å². The molecule has 0 saturated carbocycles. The fourth-order valence-corrected chi connectivity index (χ4v) is 8.49. The van der Waals surface area contributed by atoms with Crippen LogP contribution in [0.4, 0.5) is 0 Å². The van der Waals surface area contributed by atoms with Crippen LogP contribution in [0.5, 0.6) is 0 Å². The Morgan fingerprint density at radius 3 is 1.00 bits per heavy atom. The van der Waals surface area contributed by atoms with Gasteiger partial charge in [-0.25, -0.2) is 15.0 Å². The van der Waals surface area contributed by atoms with Crippen molar-refractivity contribution in [3.8, 4) is 45.3 Å². The Morgan fingerprint density at radius 2 is 0.538 bits per heavy atom. The molecule has 0 aliphatic heterocycles. The number of aromatic nitrogens is 3. The zero-order valence-electron chi connectivity index (χ0n) is 34.2. The van der Waals surface area contributed by atoms with E-state index in [-0.39, 0.29) is 192 Å². The standard InChI is InChI=1S/C41H5B20N3O/c42-17-7(8-10-13(22(47)28(53)18(8)43)23(48)31(56)30(55)20(10)45)9-11(21(46)27(17)52)15(25(50)29(54)19(9)44)40-62-39(6-4-2-1-3-5-6)63-41(64-40)16-12-14-24(49)32(57)34(59)36(61)38(14)65-37(12)35(60)33(58)26(16)51/h1-5H. The third-order valence-electron chi connectivity index (χ3n) is 12.0.